The Morgan fingerprint density at radius 2 is 2.12 bits per heavy atom. The zero-order chi connectivity index (χ0) is 17.2. The van der Waals surface area contributed by atoms with Crippen LogP contribution in [0.3, 0.4) is 0 Å². The van der Waals surface area contributed by atoms with Crippen LogP contribution in [0.15, 0.2) is 24.3 Å². The van der Waals surface area contributed by atoms with E-state index < -0.39 is 0 Å². The van der Waals surface area contributed by atoms with Gasteiger partial charge in [-0.3, -0.25) is 9.59 Å². The minimum absolute atomic E-state index is 0.0132. The van der Waals surface area contributed by atoms with Crippen LogP contribution in [0.5, 0.6) is 0 Å². The Morgan fingerprint density at radius 1 is 1.24 bits per heavy atom. The van der Waals surface area contributed by atoms with Gasteiger partial charge < -0.3 is 14.5 Å². The topological polar surface area (TPSA) is 49.9 Å². The molecule has 1 aromatic carbocycles. The van der Waals surface area contributed by atoms with E-state index in [0.717, 1.165) is 57.6 Å². The van der Waals surface area contributed by atoms with Gasteiger partial charge in [0.1, 0.15) is 0 Å². The van der Waals surface area contributed by atoms with Crippen molar-refractivity contribution < 1.29 is 14.3 Å². The zero-order valence-electron chi connectivity index (χ0n) is 14.7. The fraction of sp³-hybridized carbons (Fsp3) is 0.600. The van der Waals surface area contributed by atoms with Crippen LogP contribution in [0.25, 0.3) is 0 Å². The maximum absolute atomic E-state index is 13.0. The number of nitrogens with zero attached hydrogens (tertiary/aromatic N) is 2. The highest BCUT2D eigenvalue weighted by atomic mass is 16.5. The first-order valence-corrected chi connectivity index (χ1v) is 9.50. The van der Waals surface area contributed by atoms with Gasteiger partial charge in [0.25, 0.3) is 0 Å². The lowest BCUT2D eigenvalue weighted by Crippen LogP contribution is -2.39. The monoisotopic (exact) mass is 342 g/mol. The maximum Gasteiger partial charge on any atom is 0.232 e. The van der Waals surface area contributed by atoms with Crippen molar-refractivity contribution in [1.82, 2.24) is 4.90 Å². The number of anilines is 1. The van der Waals surface area contributed by atoms with Crippen LogP contribution in [0.2, 0.25) is 0 Å². The number of amides is 2. The van der Waals surface area contributed by atoms with E-state index in [0.29, 0.717) is 18.9 Å². The van der Waals surface area contributed by atoms with Crippen molar-refractivity contribution in [3.8, 4) is 0 Å². The van der Waals surface area contributed by atoms with Crippen LogP contribution in [0.4, 0.5) is 5.69 Å². The molecule has 0 spiro atoms. The smallest absolute Gasteiger partial charge is 0.232 e. The summed E-state index contributed by atoms with van der Waals surface area (Å²) in [6.45, 7) is 3.73. The summed E-state index contributed by atoms with van der Waals surface area (Å²) in [5, 5.41) is 0. The van der Waals surface area contributed by atoms with Gasteiger partial charge >= 0.3 is 0 Å². The van der Waals surface area contributed by atoms with Crippen molar-refractivity contribution in [1.29, 1.82) is 0 Å². The van der Waals surface area contributed by atoms with Gasteiger partial charge in [0, 0.05) is 44.3 Å². The maximum atomic E-state index is 13.0. The minimum Gasteiger partial charge on any atom is -0.381 e. The third-order valence-corrected chi connectivity index (χ3v) is 5.76. The van der Waals surface area contributed by atoms with E-state index in [-0.39, 0.29) is 17.7 Å². The van der Waals surface area contributed by atoms with Crippen molar-refractivity contribution in [3.05, 3.63) is 29.8 Å². The Bertz CT molecular complexity index is 654. The molecule has 3 aliphatic heterocycles. The summed E-state index contributed by atoms with van der Waals surface area (Å²) in [7, 11) is 0. The van der Waals surface area contributed by atoms with Gasteiger partial charge in [-0.1, -0.05) is 18.2 Å². The molecule has 3 aliphatic rings. The van der Waals surface area contributed by atoms with E-state index in [1.807, 2.05) is 21.9 Å². The van der Waals surface area contributed by atoms with E-state index >= 15 is 0 Å². The fourth-order valence-corrected chi connectivity index (χ4v) is 4.36. The Labute approximate surface area is 148 Å². The third-order valence-electron chi connectivity index (χ3n) is 5.76. The molecule has 2 fully saturated rings. The van der Waals surface area contributed by atoms with Gasteiger partial charge in [-0.2, -0.15) is 0 Å². The molecular formula is C20H26N2O3. The van der Waals surface area contributed by atoms with E-state index in [1.54, 1.807) is 0 Å². The summed E-state index contributed by atoms with van der Waals surface area (Å²) in [6, 6.07) is 8.24. The molecule has 2 atom stereocenters. The summed E-state index contributed by atoms with van der Waals surface area (Å²) < 4.78 is 5.51. The molecule has 0 aliphatic carbocycles. The molecule has 2 amide bonds. The third kappa shape index (κ3) is 3.30. The summed E-state index contributed by atoms with van der Waals surface area (Å²) in [5.74, 6) is 0.782. The van der Waals surface area contributed by atoms with Gasteiger partial charge in [-0.25, -0.2) is 0 Å². The first-order chi connectivity index (χ1) is 12.2. The molecule has 2 unspecified atom stereocenters. The molecule has 5 nitrogen and oxygen atoms in total. The molecule has 0 bridgehead atoms. The van der Waals surface area contributed by atoms with E-state index in [9.17, 15) is 9.59 Å². The Balaban J connectivity index is 1.47. The molecule has 1 aromatic rings. The van der Waals surface area contributed by atoms with E-state index in [2.05, 4.69) is 12.1 Å². The van der Waals surface area contributed by atoms with Crippen LogP contribution < -0.4 is 4.90 Å². The number of para-hydroxylation sites is 1. The van der Waals surface area contributed by atoms with E-state index in [4.69, 9.17) is 4.74 Å². The molecular weight excluding hydrogens is 316 g/mol. The molecule has 134 valence electrons. The summed E-state index contributed by atoms with van der Waals surface area (Å²) in [6.07, 6.45) is 4.48. The SMILES string of the molecule is O=C1CCCN1CCC1CN(C(=O)C2CCCOC2)c2ccccc21. The number of ether oxygens (including phenoxy) is 1. The van der Waals surface area contributed by atoms with Crippen molar-refractivity contribution in [2.75, 3.05) is 37.7 Å². The largest absolute Gasteiger partial charge is 0.381 e. The summed E-state index contributed by atoms with van der Waals surface area (Å²) in [5.41, 5.74) is 2.30. The predicted octanol–water partition coefficient (Wildman–Crippen LogP) is 2.56. The molecule has 3 heterocycles. The van der Waals surface area contributed by atoms with Crippen molar-refractivity contribution in [3.63, 3.8) is 0 Å². The Hall–Kier alpha value is -1.88. The first kappa shape index (κ1) is 16.6. The standard InChI is InChI=1S/C20H26N2O3/c23-19-8-3-10-21(19)11-9-15-13-22(18-7-2-1-6-17(15)18)20(24)16-5-4-12-25-14-16/h1-2,6-7,15-16H,3-5,8-14H2. The first-order valence-electron chi connectivity index (χ1n) is 9.50. The number of carbonyl (C=O) groups is 2. The lowest BCUT2D eigenvalue weighted by molar-refractivity contribution is -0.128. The highest BCUT2D eigenvalue weighted by Crippen LogP contribution is 2.39. The van der Waals surface area contributed by atoms with Crippen LogP contribution in [0, 0.1) is 5.92 Å². The summed E-state index contributed by atoms with van der Waals surface area (Å²) in [4.78, 5) is 28.8. The fourth-order valence-electron chi connectivity index (χ4n) is 4.36. The van der Waals surface area contributed by atoms with Crippen molar-refractivity contribution in [2.45, 2.75) is 38.0 Å². The minimum atomic E-state index is -0.0132. The van der Waals surface area contributed by atoms with E-state index in [1.165, 1.54) is 5.56 Å². The second-order valence-electron chi connectivity index (χ2n) is 7.39. The zero-order valence-corrected chi connectivity index (χ0v) is 14.7. The van der Waals surface area contributed by atoms with Crippen molar-refractivity contribution in [2.24, 2.45) is 5.92 Å². The normalized spacial score (nSPS) is 26.2. The van der Waals surface area contributed by atoms with Gasteiger partial charge in [0.15, 0.2) is 0 Å². The predicted molar refractivity (Wildman–Crippen MR) is 95.5 cm³/mol. The molecule has 25 heavy (non-hydrogen) atoms. The quantitative estimate of drug-likeness (QED) is 0.845. The summed E-state index contributed by atoms with van der Waals surface area (Å²) >= 11 is 0. The van der Waals surface area contributed by atoms with Gasteiger partial charge in [0.2, 0.25) is 11.8 Å². The number of carbonyl (C=O) groups excluding carboxylic acids is 2. The number of benzene rings is 1. The van der Waals surface area contributed by atoms with Crippen LogP contribution in [-0.4, -0.2) is 49.6 Å². The van der Waals surface area contributed by atoms with Crippen LogP contribution in [0.1, 0.15) is 43.6 Å². The molecule has 0 N–H and O–H groups in total. The van der Waals surface area contributed by atoms with Crippen LogP contribution >= 0.6 is 0 Å². The average molecular weight is 342 g/mol. The molecule has 5 heteroatoms. The molecule has 0 aromatic heterocycles. The number of rotatable bonds is 4. The van der Waals surface area contributed by atoms with Gasteiger partial charge in [-0.15, -0.1) is 0 Å². The number of likely N-dealkylation sites (tertiary alicyclic amines) is 1. The second kappa shape index (κ2) is 7.16. The highest BCUT2D eigenvalue weighted by Gasteiger charge is 2.36. The molecule has 0 saturated carbocycles. The number of fused-ring (bicyclic) bond motifs is 1. The Morgan fingerprint density at radius 3 is 2.88 bits per heavy atom. The Kier molecular flexibility index (Phi) is 4.75. The lowest BCUT2D eigenvalue weighted by Gasteiger charge is -2.27. The van der Waals surface area contributed by atoms with Crippen LogP contribution in [-0.2, 0) is 14.3 Å². The van der Waals surface area contributed by atoms with Crippen molar-refractivity contribution >= 4 is 17.5 Å². The average Bonchev–Trinajstić information content (AvgIpc) is 3.23. The highest BCUT2D eigenvalue weighted by molar-refractivity contribution is 5.97. The number of hydrogen-bond donors (Lipinski definition) is 0. The molecule has 2 saturated heterocycles. The number of hydrogen-bond acceptors (Lipinski definition) is 3. The molecule has 0 radical (unpaired) electrons. The lowest BCUT2D eigenvalue weighted by atomic mass is 9.98. The second-order valence-corrected chi connectivity index (χ2v) is 7.39. The van der Waals surface area contributed by atoms with Gasteiger partial charge in [0.05, 0.1) is 12.5 Å². The van der Waals surface area contributed by atoms with Gasteiger partial charge in [-0.05, 0) is 37.3 Å². The molecule has 4 rings (SSSR count).